The Morgan fingerprint density at radius 3 is 2.21 bits per heavy atom. The standard InChI is InChI=1S/C22H20Cl3NO2/c1-27-21-10-17(13-26-12-16-4-2-3-5-19(16)24)20(25)11-22(21)28-14-15-6-8-18(23)9-7-15/h2-11,26H,12-14H2,1H3. The van der Waals surface area contributed by atoms with Crippen molar-refractivity contribution in [1.82, 2.24) is 5.32 Å². The van der Waals surface area contributed by atoms with E-state index < -0.39 is 0 Å². The van der Waals surface area contributed by atoms with Gasteiger partial charge in [-0.3, -0.25) is 0 Å². The largest absolute Gasteiger partial charge is 0.493 e. The molecule has 0 aliphatic carbocycles. The molecule has 0 atom stereocenters. The van der Waals surface area contributed by atoms with Gasteiger partial charge in [-0.05, 0) is 41.0 Å². The lowest BCUT2D eigenvalue weighted by molar-refractivity contribution is 0.284. The summed E-state index contributed by atoms with van der Waals surface area (Å²) in [5, 5.41) is 5.40. The van der Waals surface area contributed by atoms with Crippen molar-refractivity contribution in [3.63, 3.8) is 0 Å². The molecule has 6 heteroatoms. The number of ether oxygens (including phenoxy) is 2. The molecule has 3 aromatic carbocycles. The molecule has 3 aromatic rings. The zero-order valence-electron chi connectivity index (χ0n) is 15.3. The van der Waals surface area contributed by atoms with Crippen LogP contribution in [0, 0.1) is 0 Å². The van der Waals surface area contributed by atoms with Gasteiger partial charge in [-0.2, -0.15) is 0 Å². The quantitative estimate of drug-likeness (QED) is 0.436. The van der Waals surface area contributed by atoms with E-state index in [1.54, 1.807) is 13.2 Å². The molecule has 1 N–H and O–H groups in total. The fraction of sp³-hybridized carbons (Fsp3) is 0.182. The second kappa shape index (κ2) is 10.0. The summed E-state index contributed by atoms with van der Waals surface area (Å²) in [4.78, 5) is 0. The van der Waals surface area contributed by atoms with Gasteiger partial charge >= 0.3 is 0 Å². The summed E-state index contributed by atoms with van der Waals surface area (Å²) in [6, 6.07) is 18.9. The van der Waals surface area contributed by atoms with Crippen LogP contribution in [0.25, 0.3) is 0 Å². The Morgan fingerprint density at radius 1 is 0.786 bits per heavy atom. The molecule has 0 aliphatic heterocycles. The summed E-state index contributed by atoms with van der Waals surface area (Å²) in [6.07, 6.45) is 0. The van der Waals surface area contributed by atoms with Gasteiger partial charge in [0.05, 0.1) is 7.11 Å². The van der Waals surface area contributed by atoms with Crippen molar-refractivity contribution in [3.8, 4) is 11.5 Å². The molecule has 0 saturated heterocycles. The highest BCUT2D eigenvalue weighted by Crippen LogP contribution is 2.34. The first kappa shape index (κ1) is 20.8. The van der Waals surface area contributed by atoms with Gasteiger partial charge in [0.15, 0.2) is 11.5 Å². The maximum Gasteiger partial charge on any atom is 0.163 e. The first-order chi connectivity index (χ1) is 13.6. The summed E-state index contributed by atoms with van der Waals surface area (Å²) in [6.45, 7) is 1.62. The van der Waals surface area contributed by atoms with Gasteiger partial charge in [0.1, 0.15) is 6.61 Å². The van der Waals surface area contributed by atoms with Crippen molar-refractivity contribution in [2.45, 2.75) is 19.7 Å². The van der Waals surface area contributed by atoms with E-state index in [4.69, 9.17) is 44.3 Å². The molecule has 0 fully saturated rings. The van der Waals surface area contributed by atoms with Gasteiger partial charge in [0, 0.05) is 34.2 Å². The SMILES string of the molecule is COc1cc(CNCc2ccccc2Cl)c(Cl)cc1OCc1ccc(Cl)cc1. The van der Waals surface area contributed by atoms with Crippen LogP contribution in [-0.4, -0.2) is 7.11 Å². The average Bonchev–Trinajstić information content (AvgIpc) is 2.70. The van der Waals surface area contributed by atoms with Crippen LogP contribution in [0.2, 0.25) is 15.1 Å². The molecule has 3 nitrogen and oxygen atoms in total. The molecule has 0 aliphatic rings. The van der Waals surface area contributed by atoms with Gasteiger partial charge in [0.25, 0.3) is 0 Å². The van der Waals surface area contributed by atoms with E-state index in [9.17, 15) is 0 Å². The van der Waals surface area contributed by atoms with Crippen molar-refractivity contribution >= 4 is 34.8 Å². The van der Waals surface area contributed by atoms with Crippen molar-refractivity contribution in [1.29, 1.82) is 0 Å². The van der Waals surface area contributed by atoms with E-state index in [0.29, 0.717) is 41.2 Å². The maximum atomic E-state index is 6.45. The van der Waals surface area contributed by atoms with Crippen molar-refractivity contribution in [3.05, 3.63) is 92.4 Å². The van der Waals surface area contributed by atoms with E-state index >= 15 is 0 Å². The van der Waals surface area contributed by atoms with Gasteiger partial charge in [-0.1, -0.05) is 65.1 Å². The molecule has 0 saturated carbocycles. The minimum absolute atomic E-state index is 0.397. The summed E-state index contributed by atoms with van der Waals surface area (Å²) >= 11 is 18.6. The van der Waals surface area contributed by atoms with Gasteiger partial charge in [0.2, 0.25) is 0 Å². The third-order valence-electron chi connectivity index (χ3n) is 4.23. The second-order valence-electron chi connectivity index (χ2n) is 6.20. The Bertz CT molecular complexity index is 930. The summed E-state index contributed by atoms with van der Waals surface area (Å²) in [5.74, 6) is 1.23. The topological polar surface area (TPSA) is 30.5 Å². The van der Waals surface area contributed by atoms with Crippen LogP contribution in [0.5, 0.6) is 11.5 Å². The number of benzene rings is 3. The Labute approximate surface area is 180 Å². The normalized spacial score (nSPS) is 10.7. The Balaban J connectivity index is 1.65. The number of hydrogen-bond donors (Lipinski definition) is 1. The number of nitrogens with one attached hydrogen (secondary N) is 1. The van der Waals surface area contributed by atoms with Gasteiger partial charge in [-0.25, -0.2) is 0 Å². The molecular weight excluding hydrogens is 417 g/mol. The minimum atomic E-state index is 0.397. The molecule has 0 radical (unpaired) electrons. The van der Waals surface area contributed by atoms with Gasteiger partial charge < -0.3 is 14.8 Å². The summed E-state index contributed by atoms with van der Waals surface area (Å²) in [7, 11) is 1.61. The highest BCUT2D eigenvalue weighted by molar-refractivity contribution is 6.32. The zero-order valence-corrected chi connectivity index (χ0v) is 17.6. The minimum Gasteiger partial charge on any atom is -0.493 e. The number of halogens is 3. The lowest BCUT2D eigenvalue weighted by Crippen LogP contribution is -2.13. The fourth-order valence-electron chi connectivity index (χ4n) is 2.70. The predicted molar refractivity (Wildman–Crippen MR) is 116 cm³/mol. The van der Waals surface area contributed by atoms with E-state index in [-0.39, 0.29) is 0 Å². The van der Waals surface area contributed by atoms with Crippen molar-refractivity contribution in [2.24, 2.45) is 0 Å². The van der Waals surface area contributed by atoms with Gasteiger partial charge in [-0.15, -0.1) is 0 Å². The summed E-state index contributed by atoms with van der Waals surface area (Å²) in [5.41, 5.74) is 2.97. The predicted octanol–water partition coefficient (Wildman–Crippen LogP) is 6.52. The van der Waals surface area contributed by atoms with Crippen molar-refractivity contribution in [2.75, 3.05) is 7.11 Å². The molecular formula is C22H20Cl3NO2. The lowest BCUT2D eigenvalue weighted by Gasteiger charge is -2.15. The second-order valence-corrected chi connectivity index (χ2v) is 7.46. The Kier molecular flexibility index (Phi) is 7.46. The van der Waals surface area contributed by atoms with E-state index in [1.807, 2.05) is 54.6 Å². The molecule has 28 heavy (non-hydrogen) atoms. The smallest absolute Gasteiger partial charge is 0.163 e. The third-order valence-corrected chi connectivity index (χ3v) is 5.20. The zero-order chi connectivity index (χ0) is 19.9. The van der Waals surface area contributed by atoms with Crippen molar-refractivity contribution < 1.29 is 9.47 Å². The van der Waals surface area contributed by atoms with Crippen LogP contribution in [0.1, 0.15) is 16.7 Å². The third kappa shape index (κ3) is 5.55. The first-order valence-corrected chi connectivity index (χ1v) is 9.88. The lowest BCUT2D eigenvalue weighted by atomic mass is 10.1. The molecule has 0 amide bonds. The number of methoxy groups -OCH3 is 1. The van der Waals surface area contributed by atoms with E-state index in [2.05, 4.69) is 5.32 Å². The molecule has 0 aromatic heterocycles. The van der Waals surface area contributed by atoms with E-state index in [0.717, 1.165) is 21.7 Å². The monoisotopic (exact) mass is 435 g/mol. The van der Waals surface area contributed by atoms with Crippen LogP contribution in [0.4, 0.5) is 0 Å². The molecule has 146 valence electrons. The molecule has 3 rings (SSSR count). The van der Waals surface area contributed by atoms with E-state index in [1.165, 1.54) is 0 Å². The highest BCUT2D eigenvalue weighted by atomic mass is 35.5. The molecule has 0 bridgehead atoms. The van der Waals surface area contributed by atoms with Crippen LogP contribution < -0.4 is 14.8 Å². The Hall–Kier alpha value is -1.91. The van der Waals surface area contributed by atoms with Crippen LogP contribution in [0.15, 0.2) is 60.7 Å². The molecule has 0 unspecified atom stereocenters. The first-order valence-electron chi connectivity index (χ1n) is 8.74. The average molecular weight is 437 g/mol. The van der Waals surface area contributed by atoms with Crippen LogP contribution in [0.3, 0.4) is 0 Å². The van der Waals surface area contributed by atoms with Crippen LogP contribution >= 0.6 is 34.8 Å². The fourth-order valence-corrected chi connectivity index (χ4v) is 3.25. The molecule has 0 heterocycles. The van der Waals surface area contributed by atoms with Crippen LogP contribution in [-0.2, 0) is 19.7 Å². The maximum absolute atomic E-state index is 6.45. The number of hydrogen-bond acceptors (Lipinski definition) is 3. The summed E-state index contributed by atoms with van der Waals surface area (Å²) < 4.78 is 11.4. The highest BCUT2D eigenvalue weighted by Gasteiger charge is 2.11. The number of rotatable bonds is 8. The Morgan fingerprint density at radius 2 is 1.50 bits per heavy atom. The molecule has 0 spiro atoms.